The quantitative estimate of drug-likeness (QED) is 0.0269. The highest BCUT2D eigenvalue weighted by Crippen LogP contribution is 2.13. The van der Waals surface area contributed by atoms with Gasteiger partial charge in [-0.15, -0.1) is 0 Å². The maximum atomic E-state index is 12.5. The molecule has 0 fully saturated rings. The van der Waals surface area contributed by atoms with Gasteiger partial charge in [0, 0.05) is 39.2 Å². The number of aliphatic hydroxyl groups is 2. The zero-order valence-electron chi connectivity index (χ0n) is 36.7. The van der Waals surface area contributed by atoms with Crippen LogP contribution < -0.4 is 0 Å². The monoisotopic (exact) mass is 796 g/mol. The van der Waals surface area contributed by atoms with E-state index in [1.54, 1.807) is 0 Å². The topological polar surface area (TPSA) is 115 Å². The largest absolute Gasteiger partial charge is 0.466 e. The van der Waals surface area contributed by atoms with Crippen molar-refractivity contribution in [3.05, 3.63) is 24.3 Å². The van der Waals surface area contributed by atoms with Crippen LogP contribution in [0.5, 0.6) is 0 Å². The van der Waals surface area contributed by atoms with E-state index in [4.69, 9.17) is 18.9 Å². The molecule has 0 saturated carbocycles. The van der Waals surface area contributed by atoms with Gasteiger partial charge in [0.1, 0.15) is 0 Å². The fourth-order valence-electron chi connectivity index (χ4n) is 6.50. The number of unbranched alkanes of at least 4 members (excludes halogenated alkanes) is 16. The Labute approximate surface area is 344 Å². The van der Waals surface area contributed by atoms with Crippen molar-refractivity contribution in [3.63, 3.8) is 0 Å². The van der Waals surface area contributed by atoms with Gasteiger partial charge in [-0.25, -0.2) is 0 Å². The predicted molar refractivity (Wildman–Crippen MR) is 232 cm³/mol. The van der Waals surface area contributed by atoms with Crippen LogP contribution in [-0.4, -0.2) is 92.1 Å². The van der Waals surface area contributed by atoms with Gasteiger partial charge in [-0.05, 0) is 109 Å². The summed E-state index contributed by atoms with van der Waals surface area (Å²) >= 11 is 0. The number of ether oxygens (including phenoxy) is 4. The van der Waals surface area contributed by atoms with E-state index < -0.39 is 6.10 Å². The van der Waals surface area contributed by atoms with Gasteiger partial charge in [0.15, 0.2) is 6.29 Å². The van der Waals surface area contributed by atoms with E-state index in [-0.39, 0.29) is 24.8 Å². The van der Waals surface area contributed by atoms with Crippen molar-refractivity contribution in [1.82, 2.24) is 4.90 Å². The Morgan fingerprint density at radius 2 is 1.04 bits per heavy atom. The van der Waals surface area contributed by atoms with E-state index in [2.05, 4.69) is 50.0 Å². The highest BCUT2D eigenvalue weighted by atomic mass is 16.7. The first-order valence-electron chi connectivity index (χ1n) is 23.3. The van der Waals surface area contributed by atoms with Gasteiger partial charge >= 0.3 is 11.9 Å². The minimum Gasteiger partial charge on any atom is -0.466 e. The van der Waals surface area contributed by atoms with Crippen LogP contribution in [0.2, 0.25) is 0 Å². The zero-order chi connectivity index (χ0) is 41.0. The van der Waals surface area contributed by atoms with Crippen molar-refractivity contribution in [2.24, 2.45) is 0 Å². The van der Waals surface area contributed by atoms with Crippen molar-refractivity contribution >= 4 is 11.9 Å². The summed E-state index contributed by atoms with van der Waals surface area (Å²) in [7, 11) is 0. The molecule has 9 nitrogen and oxygen atoms in total. The maximum absolute atomic E-state index is 12.5. The predicted octanol–water partition coefficient (Wildman–Crippen LogP) is 11.2. The molecule has 0 aliphatic rings. The third-order valence-corrected chi connectivity index (χ3v) is 9.94. The van der Waals surface area contributed by atoms with Gasteiger partial charge in [0.05, 0.1) is 25.7 Å². The van der Waals surface area contributed by atoms with Gasteiger partial charge < -0.3 is 34.1 Å². The molecule has 0 heterocycles. The molecule has 0 bridgehead atoms. The second-order valence-corrected chi connectivity index (χ2v) is 15.4. The molecule has 0 saturated heterocycles. The second-order valence-electron chi connectivity index (χ2n) is 15.4. The third-order valence-electron chi connectivity index (χ3n) is 9.94. The number of hydrogen-bond acceptors (Lipinski definition) is 9. The smallest absolute Gasteiger partial charge is 0.305 e. The maximum Gasteiger partial charge on any atom is 0.305 e. The molecule has 0 spiro atoms. The summed E-state index contributed by atoms with van der Waals surface area (Å²) in [4.78, 5) is 26.9. The Morgan fingerprint density at radius 3 is 1.61 bits per heavy atom. The summed E-state index contributed by atoms with van der Waals surface area (Å²) in [6.07, 6.45) is 35.0. The highest BCUT2D eigenvalue weighted by molar-refractivity contribution is 5.69. The Bertz CT molecular complexity index is 873. The van der Waals surface area contributed by atoms with Crippen molar-refractivity contribution in [2.75, 3.05) is 52.7 Å². The summed E-state index contributed by atoms with van der Waals surface area (Å²) < 4.78 is 23.0. The van der Waals surface area contributed by atoms with E-state index in [1.807, 2.05) is 0 Å². The van der Waals surface area contributed by atoms with E-state index >= 15 is 0 Å². The lowest BCUT2D eigenvalue weighted by molar-refractivity contribution is -0.159. The third kappa shape index (κ3) is 40.4. The molecule has 0 aliphatic carbocycles. The molecule has 1 atom stereocenters. The number of hydrogen-bond donors (Lipinski definition) is 2. The number of allylic oxidation sites excluding steroid dienone is 4. The average molecular weight is 796 g/mol. The number of nitrogens with zero attached hydrogens (tertiary/aromatic N) is 1. The normalized spacial score (nSPS) is 12.5. The number of carbonyl (C=O) groups is 2. The average Bonchev–Trinajstić information content (AvgIpc) is 3.19. The number of esters is 2. The van der Waals surface area contributed by atoms with Gasteiger partial charge in [-0.1, -0.05) is 109 Å². The second kappa shape index (κ2) is 44.3. The lowest BCUT2D eigenvalue weighted by Crippen LogP contribution is -2.34. The van der Waals surface area contributed by atoms with Crippen LogP contribution in [0.25, 0.3) is 0 Å². The molecular weight excluding hydrogens is 707 g/mol. The van der Waals surface area contributed by atoms with Crippen LogP contribution in [0.1, 0.15) is 201 Å². The molecule has 0 amide bonds. The lowest BCUT2D eigenvalue weighted by Gasteiger charge is -2.25. The Hall–Kier alpha value is -1.78. The van der Waals surface area contributed by atoms with Crippen molar-refractivity contribution in [1.29, 1.82) is 0 Å². The summed E-state index contributed by atoms with van der Waals surface area (Å²) in [5.41, 5.74) is 0. The van der Waals surface area contributed by atoms with Crippen LogP contribution in [0.3, 0.4) is 0 Å². The van der Waals surface area contributed by atoms with Crippen LogP contribution in [0.4, 0.5) is 0 Å². The van der Waals surface area contributed by atoms with Crippen molar-refractivity contribution < 1.29 is 38.7 Å². The summed E-state index contributed by atoms with van der Waals surface area (Å²) in [6, 6.07) is 0. The van der Waals surface area contributed by atoms with Gasteiger partial charge in [-0.3, -0.25) is 9.59 Å². The molecule has 9 heteroatoms. The van der Waals surface area contributed by atoms with Crippen LogP contribution in [0, 0.1) is 0 Å². The first-order valence-corrected chi connectivity index (χ1v) is 23.3. The molecule has 0 rings (SSSR count). The molecule has 0 aromatic carbocycles. The van der Waals surface area contributed by atoms with Gasteiger partial charge in [-0.2, -0.15) is 0 Å². The number of aliphatic hydroxyl groups excluding tert-OH is 2. The Morgan fingerprint density at radius 1 is 0.536 bits per heavy atom. The first-order chi connectivity index (χ1) is 27.5. The molecule has 0 radical (unpaired) electrons. The lowest BCUT2D eigenvalue weighted by atomic mass is 10.1. The van der Waals surface area contributed by atoms with Crippen LogP contribution >= 0.6 is 0 Å². The highest BCUT2D eigenvalue weighted by Gasteiger charge is 2.14. The molecular formula is C47H89NO8. The minimum absolute atomic E-state index is 0.0984. The van der Waals surface area contributed by atoms with E-state index in [1.165, 1.54) is 32.1 Å². The van der Waals surface area contributed by atoms with E-state index in [9.17, 15) is 19.8 Å². The Kier molecular flexibility index (Phi) is 42.9. The van der Waals surface area contributed by atoms with Crippen molar-refractivity contribution in [3.8, 4) is 0 Å². The minimum atomic E-state index is -0.399. The zero-order valence-corrected chi connectivity index (χ0v) is 36.7. The molecule has 56 heavy (non-hydrogen) atoms. The molecule has 2 N–H and O–H groups in total. The fourth-order valence-corrected chi connectivity index (χ4v) is 6.50. The van der Waals surface area contributed by atoms with Crippen LogP contribution in [-0.2, 0) is 28.5 Å². The van der Waals surface area contributed by atoms with E-state index in [0.717, 1.165) is 142 Å². The standard InChI is InChI=1S/C47H89NO8/c1-4-7-10-13-16-20-28-39-53-45(51)33-24-22-23-32-44(50)43-48(37-26-27-38-49)36-25-17-21-29-40-54-46(52)34-35-47(55-41-30-18-14-11-8-5-2)56-42-31-19-15-12-9-6-3/h8-9,11-12,44,47,49-50H,4-7,10,13-43H2,1-3H3/b11-8-,12-9-. The van der Waals surface area contributed by atoms with Gasteiger partial charge in [0.2, 0.25) is 0 Å². The van der Waals surface area contributed by atoms with Crippen molar-refractivity contribution in [2.45, 2.75) is 213 Å². The molecule has 0 aromatic rings. The SMILES string of the molecule is CC/C=C\CCCCOC(CCC(=O)OCCCCCCN(CCCCO)CC(O)CCCCCC(=O)OCCCCCCCCC)OCCCC/C=C\CC. The van der Waals surface area contributed by atoms with Crippen LogP contribution in [0.15, 0.2) is 24.3 Å². The fraction of sp³-hybridized carbons (Fsp3) is 0.872. The molecule has 1 unspecified atom stereocenters. The summed E-state index contributed by atoms with van der Waals surface area (Å²) in [6.45, 7) is 11.3. The Balaban J connectivity index is 4.23. The molecule has 0 aliphatic heterocycles. The van der Waals surface area contributed by atoms with Gasteiger partial charge in [0.25, 0.3) is 0 Å². The van der Waals surface area contributed by atoms with E-state index in [0.29, 0.717) is 52.2 Å². The summed E-state index contributed by atoms with van der Waals surface area (Å²) in [5.74, 6) is -0.293. The number of rotatable bonds is 44. The molecule has 330 valence electrons. The number of carbonyl (C=O) groups excluding carboxylic acids is 2. The molecule has 0 aromatic heterocycles. The summed E-state index contributed by atoms with van der Waals surface area (Å²) in [5, 5.41) is 20.0. The first kappa shape index (κ1) is 54.2.